The molecule has 1 N–H and O–H groups in total. The van der Waals surface area contributed by atoms with E-state index in [1.165, 1.54) is 6.33 Å². The van der Waals surface area contributed by atoms with Crippen LogP contribution >= 0.6 is 0 Å². The summed E-state index contributed by atoms with van der Waals surface area (Å²) < 4.78 is 3.38. The summed E-state index contributed by atoms with van der Waals surface area (Å²) in [5.74, 6) is -0.0660. The zero-order valence-electron chi connectivity index (χ0n) is 14.1. The van der Waals surface area contributed by atoms with Crippen molar-refractivity contribution in [3.8, 4) is 5.69 Å². The van der Waals surface area contributed by atoms with Gasteiger partial charge in [-0.05, 0) is 55.0 Å². The van der Waals surface area contributed by atoms with Gasteiger partial charge in [-0.15, -0.1) is 5.10 Å². The Bertz CT molecular complexity index is 880. The first-order valence-corrected chi connectivity index (χ1v) is 7.58. The molecule has 1 aromatic carbocycles. The van der Waals surface area contributed by atoms with Crippen LogP contribution in [0.1, 0.15) is 22.5 Å². The number of hydrogen-bond donors (Lipinski definition) is 1. The number of amides is 1. The van der Waals surface area contributed by atoms with Crippen molar-refractivity contribution in [1.29, 1.82) is 0 Å². The molecule has 8 heteroatoms. The molecular formula is C16H19N7O. The first-order chi connectivity index (χ1) is 11.5. The number of anilines is 1. The molecule has 0 saturated carbocycles. The lowest BCUT2D eigenvalue weighted by Crippen LogP contribution is -2.15. The molecule has 0 aliphatic carbocycles. The van der Waals surface area contributed by atoms with Crippen LogP contribution in [0.25, 0.3) is 5.69 Å². The molecule has 3 rings (SSSR count). The van der Waals surface area contributed by atoms with Gasteiger partial charge in [-0.3, -0.25) is 9.48 Å². The number of nitrogens with zero attached hydrogens (tertiary/aromatic N) is 6. The number of aromatic nitrogens is 6. The Kier molecular flexibility index (Phi) is 4.11. The predicted molar refractivity (Wildman–Crippen MR) is 88.9 cm³/mol. The highest BCUT2D eigenvalue weighted by atomic mass is 16.1. The summed E-state index contributed by atoms with van der Waals surface area (Å²) in [5.41, 5.74) is 5.44. The average Bonchev–Trinajstić information content (AvgIpc) is 3.12. The molecule has 1 amide bonds. The van der Waals surface area contributed by atoms with Gasteiger partial charge >= 0.3 is 0 Å². The Labute approximate surface area is 139 Å². The summed E-state index contributed by atoms with van der Waals surface area (Å²) in [5, 5.41) is 18.4. The maximum Gasteiger partial charge on any atom is 0.228 e. The van der Waals surface area contributed by atoms with Crippen LogP contribution in [0.15, 0.2) is 24.5 Å². The van der Waals surface area contributed by atoms with Crippen LogP contribution in [-0.2, 0) is 18.3 Å². The van der Waals surface area contributed by atoms with Crippen molar-refractivity contribution in [2.45, 2.75) is 27.2 Å². The fraction of sp³-hybridized carbons (Fsp3) is 0.312. The monoisotopic (exact) mass is 325 g/mol. The lowest BCUT2D eigenvalue weighted by molar-refractivity contribution is -0.115. The highest BCUT2D eigenvalue weighted by Gasteiger charge is 2.14. The summed E-state index contributed by atoms with van der Waals surface area (Å²) in [4.78, 5) is 12.3. The summed E-state index contributed by atoms with van der Waals surface area (Å²) in [7, 11) is 1.88. The highest BCUT2D eigenvalue weighted by molar-refractivity contribution is 5.92. The predicted octanol–water partition coefficient (Wildman–Crippen LogP) is 1.50. The van der Waals surface area contributed by atoms with Crippen molar-refractivity contribution in [2.75, 3.05) is 5.32 Å². The minimum absolute atomic E-state index is 0.0660. The van der Waals surface area contributed by atoms with Crippen LogP contribution in [0, 0.1) is 20.8 Å². The van der Waals surface area contributed by atoms with Crippen molar-refractivity contribution in [1.82, 2.24) is 30.0 Å². The average molecular weight is 325 g/mol. The molecule has 0 aliphatic rings. The van der Waals surface area contributed by atoms with Crippen molar-refractivity contribution >= 4 is 11.6 Å². The third kappa shape index (κ3) is 3.03. The van der Waals surface area contributed by atoms with E-state index in [-0.39, 0.29) is 5.91 Å². The molecule has 2 heterocycles. The minimum Gasteiger partial charge on any atom is -0.326 e. The fourth-order valence-electron chi connectivity index (χ4n) is 2.70. The number of benzene rings is 1. The highest BCUT2D eigenvalue weighted by Crippen LogP contribution is 2.19. The lowest BCUT2D eigenvalue weighted by atomic mass is 10.1. The first kappa shape index (κ1) is 15.9. The zero-order valence-corrected chi connectivity index (χ0v) is 14.1. The van der Waals surface area contributed by atoms with E-state index in [9.17, 15) is 4.79 Å². The lowest BCUT2D eigenvalue weighted by Gasteiger charge is -2.09. The molecule has 0 saturated heterocycles. The van der Waals surface area contributed by atoms with E-state index in [4.69, 9.17) is 0 Å². The van der Waals surface area contributed by atoms with Gasteiger partial charge in [0.05, 0.1) is 17.8 Å². The van der Waals surface area contributed by atoms with Crippen LogP contribution in [0.5, 0.6) is 0 Å². The van der Waals surface area contributed by atoms with Crippen LogP contribution in [0.2, 0.25) is 0 Å². The molecule has 0 aliphatic heterocycles. The molecule has 0 spiro atoms. The standard InChI is InChI=1S/C16H19N7O/c1-10-7-13(5-6-15(10)23-9-17-20-21-23)18-16(24)8-14-11(2)19-22(4)12(14)3/h5-7,9H,8H2,1-4H3,(H,18,24). The number of carbonyl (C=O) groups is 1. The van der Waals surface area contributed by atoms with E-state index in [1.54, 1.807) is 9.36 Å². The molecular weight excluding hydrogens is 306 g/mol. The van der Waals surface area contributed by atoms with Crippen molar-refractivity contribution in [2.24, 2.45) is 7.05 Å². The van der Waals surface area contributed by atoms with Gasteiger partial charge in [0, 0.05) is 24.0 Å². The Morgan fingerprint density at radius 1 is 1.25 bits per heavy atom. The summed E-state index contributed by atoms with van der Waals surface area (Å²) in [6.07, 6.45) is 1.84. The Hall–Kier alpha value is -3.03. The molecule has 2 aromatic heterocycles. The third-order valence-electron chi connectivity index (χ3n) is 4.07. The zero-order chi connectivity index (χ0) is 17.3. The Balaban J connectivity index is 1.74. The van der Waals surface area contributed by atoms with Crippen molar-refractivity contribution in [3.63, 3.8) is 0 Å². The Morgan fingerprint density at radius 3 is 2.62 bits per heavy atom. The van der Waals surface area contributed by atoms with Gasteiger partial charge < -0.3 is 5.32 Å². The number of carbonyl (C=O) groups excluding carboxylic acids is 1. The summed E-state index contributed by atoms with van der Waals surface area (Å²) in [6.45, 7) is 5.83. The van der Waals surface area contributed by atoms with Crippen LogP contribution < -0.4 is 5.32 Å². The second-order valence-corrected chi connectivity index (χ2v) is 5.75. The number of aryl methyl sites for hydroxylation is 3. The van der Waals surface area contributed by atoms with E-state index < -0.39 is 0 Å². The quantitative estimate of drug-likeness (QED) is 0.785. The van der Waals surface area contributed by atoms with Crippen molar-refractivity contribution < 1.29 is 4.79 Å². The SMILES string of the molecule is Cc1cc(NC(=O)Cc2c(C)nn(C)c2C)ccc1-n1cnnn1. The second kappa shape index (κ2) is 6.23. The molecule has 3 aromatic rings. The van der Waals surface area contributed by atoms with Crippen LogP contribution in [0.3, 0.4) is 0 Å². The molecule has 24 heavy (non-hydrogen) atoms. The summed E-state index contributed by atoms with van der Waals surface area (Å²) in [6, 6.07) is 5.62. The molecule has 0 atom stereocenters. The number of nitrogens with one attached hydrogen (secondary N) is 1. The molecule has 0 radical (unpaired) electrons. The Morgan fingerprint density at radius 2 is 2.04 bits per heavy atom. The van der Waals surface area contributed by atoms with Gasteiger partial charge in [0.25, 0.3) is 0 Å². The summed E-state index contributed by atoms with van der Waals surface area (Å²) >= 11 is 0. The molecule has 124 valence electrons. The maximum absolute atomic E-state index is 12.3. The van der Waals surface area contributed by atoms with E-state index in [1.807, 2.05) is 46.0 Å². The van der Waals surface area contributed by atoms with E-state index in [0.29, 0.717) is 6.42 Å². The van der Waals surface area contributed by atoms with Gasteiger partial charge in [-0.25, -0.2) is 4.68 Å². The van der Waals surface area contributed by atoms with Gasteiger partial charge in [-0.1, -0.05) is 0 Å². The van der Waals surface area contributed by atoms with Gasteiger partial charge in [0.1, 0.15) is 6.33 Å². The smallest absolute Gasteiger partial charge is 0.228 e. The van der Waals surface area contributed by atoms with Gasteiger partial charge in [0.15, 0.2) is 0 Å². The first-order valence-electron chi connectivity index (χ1n) is 7.58. The van der Waals surface area contributed by atoms with E-state index in [2.05, 4.69) is 25.9 Å². The number of hydrogen-bond acceptors (Lipinski definition) is 5. The number of rotatable bonds is 4. The normalized spacial score (nSPS) is 10.8. The number of tetrazole rings is 1. The minimum atomic E-state index is -0.0660. The van der Waals surface area contributed by atoms with Gasteiger partial charge in [-0.2, -0.15) is 5.10 Å². The molecule has 0 bridgehead atoms. The van der Waals surface area contributed by atoms with Crippen LogP contribution in [0.4, 0.5) is 5.69 Å². The third-order valence-corrected chi connectivity index (χ3v) is 4.07. The van der Waals surface area contributed by atoms with Crippen molar-refractivity contribution in [3.05, 3.63) is 47.0 Å². The molecule has 0 unspecified atom stereocenters. The largest absolute Gasteiger partial charge is 0.326 e. The van der Waals surface area contributed by atoms with Gasteiger partial charge in [0.2, 0.25) is 5.91 Å². The molecule has 8 nitrogen and oxygen atoms in total. The van der Waals surface area contributed by atoms with E-state index >= 15 is 0 Å². The second-order valence-electron chi connectivity index (χ2n) is 5.75. The topological polar surface area (TPSA) is 90.5 Å². The molecule has 0 fully saturated rings. The fourth-order valence-corrected chi connectivity index (χ4v) is 2.70. The maximum atomic E-state index is 12.3. The van der Waals surface area contributed by atoms with E-state index in [0.717, 1.165) is 33.9 Å². The van der Waals surface area contributed by atoms with Crippen LogP contribution in [-0.4, -0.2) is 35.9 Å².